The van der Waals surface area contributed by atoms with E-state index in [-0.39, 0.29) is 44.3 Å². The lowest BCUT2D eigenvalue weighted by Crippen LogP contribution is -2.31. The van der Waals surface area contributed by atoms with Gasteiger partial charge in [-0.3, -0.25) is 24.0 Å². The molecule has 0 aliphatic carbocycles. The Morgan fingerprint density at radius 2 is 1.74 bits per heavy atom. The second kappa shape index (κ2) is 15.7. The van der Waals surface area contributed by atoms with Crippen LogP contribution < -0.4 is 10.2 Å². The van der Waals surface area contributed by atoms with Crippen LogP contribution in [-0.4, -0.2) is 80.2 Å². The van der Waals surface area contributed by atoms with Crippen molar-refractivity contribution in [2.45, 2.75) is 24.5 Å². The molecule has 0 fully saturated rings. The SMILES string of the molecule is CN(CCCOc1cc(/C=N/NC(=O)COCc2ccc3ccc4cccc5ccc2c3c45)ccc1[N+](=O)[O-])CCC(O)([PH](=O)O)P(=O)(O)O. The van der Waals surface area contributed by atoms with Crippen LogP contribution in [0.25, 0.3) is 32.3 Å². The van der Waals surface area contributed by atoms with Gasteiger partial charge in [-0.05, 0) is 69.0 Å². The molecule has 5 rings (SSSR count). The van der Waals surface area contributed by atoms with Gasteiger partial charge in [0.05, 0.1) is 24.4 Å². The molecule has 15 nitrogen and oxygen atoms in total. The Kier molecular flexibility index (Phi) is 11.6. The molecule has 1 amide bonds. The quantitative estimate of drug-likeness (QED) is 0.0223. The van der Waals surface area contributed by atoms with Gasteiger partial charge in [0.2, 0.25) is 13.1 Å². The number of hydrazone groups is 1. The Hall–Kier alpha value is -4.30. The minimum atomic E-state index is -5.26. The number of amides is 1. The third kappa shape index (κ3) is 8.35. The number of aliphatic hydroxyl groups is 1. The van der Waals surface area contributed by atoms with Crippen LogP contribution in [0.3, 0.4) is 0 Å². The van der Waals surface area contributed by atoms with Gasteiger partial charge in [-0.1, -0.05) is 54.6 Å². The number of carbonyl (C=O) groups is 1. The largest absolute Gasteiger partial charge is 0.487 e. The molecule has 17 heteroatoms. The number of rotatable bonds is 17. The van der Waals surface area contributed by atoms with Crippen LogP contribution in [0.2, 0.25) is 0 Å². The van der Waals surface area contributed by atoms with Gasteiger partial charge < -0.3 is 34.2 Å². The number of nitrogens with zero attached hydrogens (tertiary/aromatic N) is 3. The standard InChI is InChI=1S/C33H36N4O11P2/c1-36(16-14-33(39,49(42)43)50(44,45)46)15-3-17-48-29-18-22(6-13-28(29)37(40)41)19-34-35-30(38)21-47-20-26-10-9-25-8-7-23-4-2-5-24-11-12-27(26)32(25)31(23)24/h2,4-13,18-19,39,49H,3,14-17,20-21H2,1H3,(H,35,38)(H,42,43)(H2,44,45,46)/b34-19+. The van der Waals surface area contributed by atoms with E-state index >= 15 is 0 Å². The summed E-state index contributed by atoms with van der Waals surface area (Å²) in [6.45, 7) is 0.153. The molecule has 264 valence electrons. The number of hydrogen-bond acceptors (Lipinski definition) is 10. The van der Waals surface area contributed by atoms with Gasteiger partial charge >= 0.3 is 13.3 Å². The molecule has 0 aliphatic rings. The van der Waals surface area contributed by atoms with Crippen molar-refractivity contribution in [1.82, 2.24) is 10.3 Å². The summed E-state index contributed by atoms with van der Waals surface area (Å²) in [5.74, 6) is -0.536. The van der Waals surface area contributed by atoms with E-state index in [9.17, 15) is 43.8 Å². The fraction of sp³-hybridized carbons (Fsp3) is 0.273. The first kappa shape index (κ1) is 37.0. The van der Waals surface area contributed by atoms with Crippen LogP contribution in [0.5, 0.6) is 5.75 Å². The first-order chi connectivity index (χ1) is 23.8. The first-order valence-electron chi connectivity index (χ1n) is 15.4. The molecule has 0 aromatic heterocycles. The molecule has 0 radical (unpaired) electrons. The van der Waals surface area contributed by atoms with Gasteiger partial charge in [0, 0.05) is 25.6 Å². The monoisotopic (exact) mass is 726 g/mol. The molecular weight excluding hydrogens is 690 g/mol. The maximum Gasteiger partial charge on any atom is 0.366 e. The molecule has 0 saturated carbocycles. The number of ether oxygens (including phenoxy) is 2. The van der Waals surface area contributed by atoms with Gasteiger partial charge in [0.25, 0.3) is 5.91 Å². The molecule has 5 aromatic rings. The third-order valence-electron chi connectivity index (χ3n) is 8.30. The minimum Gasteiger partial charge on any atom is -0.487 e. The minimum absolute atomic E-state index is 0.0192. The molecule has 5 N–H and O–H groups in total. The lowest BCUT2D eigenvalue weighted by atomic mass is 9.92. The van der Waals surface area contributed by atoms with Gasteiger partial charge in [0.15, 0.2) is 5.75 Å². The van der Waals surface area contributed by atoms with Gasteiger partial charge in [-0.2, -0.15) is 5.10 Å². The zero-order valence-electron chi connectivity index (χ0n) is 26.9. The Balaban J connectivity index is 1.11. The van der Waals surface area contributed by atoms with Crippen LogP contribution in [0, 0.1) is 10.1 Å². The predicted molar refractivity (Wildman–Crippen MR) is 189 cm³/mol. The summed E-state index contributed by atoms with van der Waals surface area (Å²) < 4.78 is 34.2. The van der Waals surface area contributed by atoms with E-state index < -0.39 is 38.0 Å². The molecule has 5 aromatic carbocycles. The second-order valence-corrected chi connectivity index (χ2v) is 15.5. The van der Waals surface area contributed by atoms with Crippen LogP contribution in [0.15, 0.2) is 77.9 Å². The van der Waals surface area contributed by atoms with E-state index in [0.29, 0.717) is 12.0 Å². The highest BCUT2D eigenvalue weighted by Crippen LogP contribution is 2.61. The van der Waals surface area contributed by atoms with Crippen LogP contribution in [0.4, 0.5) is 5.69 Å². The van der Waals surface area contributed by atoms with Crippen LogP contribution in [0.1, 0.15) is 24.0 Å². The average molecular weight is 727 g/mol. The van der Waals surface area contributed by atoms with Crippen molar-refractivity contribution >= 4 is 65.8 Å². The van der Waals surface area contributed by atoms with Gasteiger partial charge in [0.1, 0.15) is 6.61 Å². The van der Waals surface area contributed by atoms with Crippen LogP contribution >= 0.6 is 15.6 Å². The van der Waals surface area contributed by atoms with Gasteiger partial charge in [-0.15, -0.1) is 0 Å². The normalized spacial score (nSPS) is 14.1. The summed E-state index contributed by atoms with van der Waals surface area (Å²) in [6, 6.07) is 22.7. The van der Waals surface area contributed by atoms with Crippen molar-refractivity contribution < 1.29 is 48.1 Å². The summed E-state index contributed by atoms with van der Waals surface area (Å²) in [5.41, 5.74) is 3.45. The Morgan fingerprint density at radius 3 is 2.42 bits per heavy atom. The van der Waals surface area contributed by atoms with E-state index in [4.69, 9.17) is 9.47 Å². The molecule has 0 saturated heterocycles. The average Bonchev–Trinajstić information content (AvgIpc) is 3.07. The van der Waals surface area contributed by atoms with Crippen molar-refractivity contribution in [1.29, 1.82) is 0 Å². The van der Waals surface area contributed by atoms with E-state index in [1.165, 1.54) is 29.8 Å². The summed E-state index contributed by atoms with van der Waals surface area (Å²) in [6.07, 6.45) is 0.983. The van der Waals surface area contributed by atoms with Crippen molar-refractivity contribution in [2.75, 3.05) is 33.4 Å². The zero-order chi connectivity index (χ0) is 36.1. The molecule has 50 heavy (non-hydrogen) atoms. The molecular formula is C33H36N4O11P2. The fourth-order valence-corrected chi connectivity index (χ4v) is 7.33. The van der Waals surface area contributed by atoms with E-state index in [0.717, 1.165) is 32.5 Å². The number of benzene rings is 5. The molecule has 0 heterocycles. The number of nitro benzene ring substituents is 1. The molecule has 2 unspecified atom stereocenters. The Labute approximate surface area is 286 Å². The summed E-state index contributed by atoms with van der Waals surface area (Å²) in [5, 5.41) is 29.3. The highest BCUT2D eigenvalue weighted by Gasteiger charge is 2.50. The third-order valence-corrected chi connectivity index (χ3v) is 11.9. The van der Waals surface area contributed by atoms with Crippen molar-refractivity contribution in [3.05, 3.63) is 94.0 Å². The summed E-state index contributed by atoms with van der Waals surface area (Å²) >= 11 is 0. The first-order valence-corrected chi connectivity index (χ1v) is 18.4. The zero-order valence-corrected chi connectivity index (χ0v) is 28.8. The van der Waals surface area contributed by atoms with Crippen molar-refractivity contribution in [3.63, 3.8) is 0 Å². The molecule has 0 spiro atoms. The highest BCUT2D eigenvalue weighted by molar-refractivity contribution is 7.66. The Morgan fingerprint density at radius 1 is 1.06 bits per heavy atom. The Bertz CT molecular complexity index is 2110. The number of nitrogens with one attached hydrogen (secondary N) is 1. The molecule has 2 atom stereocenters. The van der Waals surface area contributed by atoms with Crippen molar-refractivity contribution in [2.24, 2.45) is 5.10 Å². The summed E-state index contributed by atoms with van der Waals surface area (Å²) in [7, 11) is -7.64. The van der Waals surface area contributed by atoms with E-state index in [1.54, 1.807) is 11.9 Å². The maximum absolute atomic E-state index is 12.4. The smallest absolute Gasteiger partial charge is 0.366 e. The number of hydrogen-bond donors (Lipinski definition) is 5. The van der Waals surface area contributed by atoms with E-state index in [2.05, 4.69) is 46.9 Å². The maximum atomic E-state index is 12.4. The topological polar surface area (TPSA) is 221 Å². The lowest BCUT2D eigenvalue weighted by Gasteiger charge is -2.28. The lowest BCUT2D eigenvalue weighted by molar-refractivity contribution is -0.385. The van der Waals surface area contributed by atoms with Crippen LogP contribution in [-0.2, 0) is 25.3 Å². The highest BCUT2D eigenvalue weighted by atomic mass is 31.2. The fourth-order valence-electron chi connectivity index (χ4n) is 5.62. The number of carbonyl (C=O) groups excluding carboxylic acids is 1. The predicted octanol–water partition coefficient (Wildman–Crippen LogP) is 4.54. The molecule has 0 bridgehead atoms. The number of nitro groups is 1. The second-order valence-electron chi connectivity index (χ2n) is 11.8. The summed E-state index contributed by atoms with van der Waals surface area (Å²) in [4.78, 5) is 52.7. The molecule has 0 aliphatic heterocycles. The van der Waals surface area contributed by atoms with Crippen molar-refractivity contribution in [3.8, 4) is 5.75 Å². The van der Waals surface area contributed by atoms with E-state index in [1.807, 2.05) is 18.2 Å². The van der Waals surface area contributed by atoms with Gasteiger partial charge in [-0.25, -0.2) is 5.43 Å².